The average molecular weight is 628 g/mol. The van der Waals surface area contributed by atoms with Crippen LogP contribution in [0.1, 0.15) is 30.4 Å². The van der Waals surface area contributed by atoms with E-state index in [9.17, 15) is 14.4 Å². The number of esters is 1. The molecule has 2 aromatic carbocycles. The summed E-state index contributed by atoms with van der Waals surface area (Å²) in [6, 6.07) is 13.2. The molecule has 0 aliphatic carbocycles. The molecule has 42 heavy (non-hydrogen) atoms. The third-order valence-electron chi connectivity index (χ3n) is 7.54. The first-order valence-corrected chi connectivity index (χ1v) is 15.4. The van der Waals surface area contributed by atoms with Crippen molar-refractivity contribution in [3.63, 3.8) is 0 Å². The van der Waals surface area contributed by atoms with Crippen LogP contribution in [-0.4, -0.2) is 60.5 Å². The third kappa shape index (κ3) is 7.09. The minimum absolute atomic E-state index is 0.154. The number of methoxy groups -OCH3 is 1. The number of rotatable bonds is 9. The van der Waals surface area contributed by atoms with Crippen molar-refractivity contribution in [1.29, 1.82) is 0 Å². The van der Waals surface area contributed by atoms with Crippen molar-refractivity contribution in [2.24, 2.45) is 5.92 Å². The van der Waals surface area contributed by atoms with Crippen LogP contribution >= 0.6 is 34.5 Å². The summed E-state index contributed by atoms with van der Waals surface area (Å²) in [4.78, 5) is 42.4. The minimum Gasteiger partial charge on any atom is -0.467 e. The SMILES string of the molecule is COC(=O)[C@H](CC1=CN(Cc2ccccc2)CN1)NC(=O)C1CCN(C(=O)/C=C/c2cc3ccsc3c(Cl)c2Cl)CC1. The fourth-order valence-electron chi connectivity index (χ4n) is 5.22. The molecular formula is C31H32Cl2N4O4S. The van der Waals surface area contributed by atoms with E-state index in [0.717, 1.165) is 22.3 Å². The van der Waals surface area contributed by atoms with E-state index in [2.05, 4.69) is 27.7 Å². The zero-order chi connectivity index (χ0) is 29.6. The molecule has 2 N–H and O–H groups in total. The number of piperidine rings is 1. The molecule has 5 rings (SSSR count). The molecule has 2 aliphatic rings. The second-order valence-corrected chi connectivity index (χ2v) is 12.0. The molecule has 2 aliphatic heterocycles. The van der Waals surface area contributed by atoms with Crippen molar-refractivity contribution in [2.75, 3.05) is 26.9 Å². The van der Waals surface area contributed by atoms with Gasteiger partial charge in [0, 0.05) is 49.9 Å². The van der Waals surface area contributed by atoms with Gasteiger partial charge in [-0.15, -0.1) is 11.3 Å². The number of ether oxygens (including phenoxy) is 1. The molecule has 11 heteroatoms. The van der Waals surface area contributed by atoms with Crippen LogP contribution in [0.3, 0.4) is 0 Å². The molecule has 1 atom stereocenters. The molecule has 0 spiro atoms. The molecule has 0 radical (unpaired) electrons. The number of carbonyl (C=O) groups is 3. The van der Waals surface area contributed by atoms with Crippen molar-refractivity contribution in [1.82, 2.24) is 20.4 Å². The maximum atomic E-state index is 13.1. The Kier molecular flexibility index (Phi) is 9.72. The quantitative estimate of drug-likeness (QED) is 0.244. The predicted molar refractivity (Wildman–Crippen MR) is 167 cm³/mol. The Hall–Kier alpha value is -3.53. The van der Waals surface area contributed by atoms with Gasteiger partial charge >= 0.3 is 5.97 Å². The molecule has 3 heterocycles. The Labute approximate surface area is 258 Å². The smallest absolute Gasteiger partial charge is 0.328 e. The molecule has 220 valence electrons. The number of carbonyl (C=O) groups excluding carboxylic acids is 3. The summed E-state index contributed by atoms with van der Waals surface area (Å²) in [7, 11) is 1.32. The first kappa shape index (κ1) is 29.9. The number of fused-ring (bicyclic) bond motifs is 1. The van der Waals surface area contributed by atoms with Crippen molar-refractivity contribution in [2.45, 2.75) is 31.8 Å². The van der Waals surface area contributed by atoms with Gasteiger partial charge in [-0.05, 0) is 52.9 Å². The van der Waals surface area contributed by atoms with Crippen molar-refractivity contribution >= 4 is 68.5 Å². The first-order chi connectivity index (χ1) is 20.3. The predicted octanol–water partition coefficient (Wildman–Crippen LogP) is 5.41. The molecule has 0 bridgehead atoms. The molecule has 3 aromatic rings. The lowest BCUT2D eigenvalue weighted by molar-refractivity contribution is -0.145. The number of amides is 2. The normalized spacial score (nSPS) is 16.4. The monoisotopic (exact) mass is 626 g/mol. The van der Waals surface area contributed by atoms with Gasteiger partial charge in [0.25, 0.3) is 0 Å². The summed E-state index contributed by atoms with van der Waals surface area (Å²) in [6.07, 6.45) is 6.45. The summed E-state index contributed by atoms with van der Waals surface area (Å²) in [5, 5.41) is 10.0. The van der Waals surface area contributed by atoms with Gasteiger partial charge in [-0.3, -0.25) is 9.59 Å². The number of halogens is 2. The Morgan fingerprint density at radius 1 is 1.14 bits per heavy atom. The third-order valence-corrected chi connectivity index (χ3v) is 9.48. The summed E-state index contributed by atoms with van der Waals surface area (Å²) in [5.41, 5.74) is 2.72. The first-order valence-electron chi connectivity index (χ1n) is 13.8. The summed E-state index contributed by atoms with van der Waals surface area (Å²) < 4.78 is 5.90. The lowest BCUT2D eigenvalue weighted by Gasteiger charge is -2.31. The standard InChI is InChI=1S/C31H32Cl2N4O4S/c1-41-31(40)25(16-24-18-36(19-34-24)17-20-5-3-2-4-6-20)35-30(39)21-9-12-37(13-10-21)26(38)8-7-22-15-23-11-14-42-29(23)28(33)27(22)32/h2-8,11,14-15,18,21,25,34H,9-10,12-13,16-17,19H2,1H3,(H,35,39)/b8-7+/t25-/m0/s1. The van der Waals surface area contributed by atoms with Crippen molar-refractivity contribution < 1.29 is 19.1 Å². The number of hydrogen-bond donors (Lipinski definition) is 2. The maximum absolute atomic E-state index is 13.1. The highest BCUT2D eigenvalue weighted by Gasteiger charge is 2.31. The largest absolute Gasteiger partial charge is 0.467 e. The van der Waals surface area contributed by atoms with E-state index < -0.39 is 12.0 Å². The highest BCUT2D eigenvalue weighted by Crippen LogP contribution is 2.37. The van der Waals surface area contributed by atoms with Gasteiger partial charge in [0.05, 0.1) is 28.5 Å². The van der Waals surface area contributed by atoms with Crippen LogP contribution in [0.4, 0.5) is 0 Å². The number of benzene rings is 2. The molecule has 0 saturated carbocycles. The van der Waals surface area contributed by atoms with E-state index >= 15 is 0 Å². The fraction of sp³-hybridized carbons (Fsp3) is 0.323. The minimum atomic E-state index is -0.808. The Balaban J connectivity index is 1.13. The van der Waals surface area contributed by atoms with E-state index in [0.29, 0.717) is 54.6 Å². The molecule has 8 nitrogen and oxygen atoms in total. The van der Waals surface area contributed by atoms with Crippen LogP contribution in [-0.2, 0) is 25.7 Å². The van der Waals surface area contributed by atoms with Gasteiger partial charge in [-0.25, -0.2) is 4.79 Å². The zero-order valence-corrected chi connectivity index (χ0v) is 25.5. The molecule has 1 saturated heterocycles. The lowest BCUT2D eigenvalue weighted by Crippen LogP contribution is -2.48. The van der Waals surface area contributed by atoms with E-state index in [1.54, 1.807) is 11.0 Å². The van der Waals surface area contributed by atoms with Crippen molar-refractivity contribution in [3.8, 4) is 0 Å². The molecule has 0 unspecified atom stereocenters. The van der Waals surface area contributed by atoms with Crippen molar-refractivity contribution in [3.05, 3.63) is 87.0 Å². The number of hydrogen-bond acceptors (Lipinski definition) is 7. The van der Waals surface area contributed by atoms with Crippen LogP contribution in [0.5, 0.6) is 0 Å². The van der Waals surface area contributed by atoms with E-state index in [1.807, 2.05) is 41.9 Å². The number of nitrogens with one attached hydrogen (secondary N) is 2. The van der Waals surface area contributed by atoms with E-state index in [4.69, 9.17) is 27.9 Å². The van der Waals surface area contributed by atoms with Crippen LogP contribution in [0.15, 0.2) is 65.8 Å². The summed E-state index contributed by atoms with van der Waals surface area (Å²) in [5.74, 6) is -1.17. The van der Waals surface area contributed by atoms with Gasteiger partial charge in [0.1, 0.15) is 6.04 Å². The molecule has 1 fully saturated rings. The Bertz CT molecular complexity index is 1520. The van der Waals surface area contributed by atoms with Gasteiger partial charge in [-0.1, -0.05) is 53.5 Å². The highest BCUT2D eigenvalue weighted by molar-refractivity contribution is 7.18. The fourth-order valence-corrected chi connectivity index (χ4v) is 6.66. The molecule has 2 amide bonds. The number of likely N-dealkylation sites (tertiary alicyclic amines) is 1. The molecular weight excluding hydrogens is 595 g/mol. The summed E-state index contributed by atoms with van der Waals surface area (Å²) >= 11 is 14.4. The van der Waals surface area contributed by atoms with E-state index in [1.165, 1.54) is 30.1 Å². The topological polar surface area (TPSA) is 91.0 Å². The van der Waals surface area contributed by atoms with Gasteiger partial charge in [0.15, 0.2) is 0 Å². The van der Waals surface area contributed by atoms with Gasteiger partial charge in [0.2, 0.25) is 11.8 Å². The van der Waals surface area contributed by atoms with Gasteiger partial charge < -0.3 is 25.2 Å². The number of nitrogens with zero attached hydrogens (tertiary/aromatic N) is 2. The molecule has 1 aromatic heterocycles. The zero-order valence-electron chi connectivity index (χ0n) is 23.1. The van der Waals surface area contributed by atoms with Crippen LogP contribution in [0, 0.1) is 5.92 Å². The average Bonchev–Trinajstić information content (AvgIpc) is 3.67. The maximum Gasteiger partial charge on any atom is 0.328 e. The Morgan fingerprint density at radius 3 is 2.64 bits per heavy atom. The van der Waals surface area contributed by atoms with E-state index in [-0.39, 0.29) is 17.7 Å². The van der Waals surface area contributed by atoms with Crippen LogP contribution in [0.25, 0.3) is 16.2 Å². The van der Waals surface area contributed by atoms with Gasteiger partial charge in [-0.2, -0.15) is 0 Å². The highest BCUT2D eigenvalue weighted by atomic mass is 35.5. The summed E-state index contributed by atoms with van der Waals surface area (Å²) in [6.45, 7) is 2.23. The van der Waals surface area contributed by atoms with Crippen LogP contribution < -0.4 is 10.6 Å². The number of thiophene rings is 1. The Morgan fingerprint density at radius 2 is 1.90 bits per heavy atom. The lowest BCUT2D eigenvalue weighted by atomic mass is 9.95. The van der Waals surface area contributed by atoms with Crippen LogP contribution in [0.2, 0.25) is 10.0 Å². The second kappa shape index (κ2) is 13.6. The second-order valence-electron chi connectivity index (χ2n) is 10.4.